The van der Waals surface area contributed by atoms with Gasteiger partial charge in [-0.15, -0.1) is 0 Å². The first-order valence-corrected chi connectivity index (χ1v) is 9.26. The molecule has 0 saturated carbocycles. The fourth-order valence-electron chi connectivity index (χ4n) is 2.86. The number of methoxy groups -OCH3 is 1. The zero-order valence-corrected chi connectivity index (χ0v) is 17.2. The number of rotatable bonds is 7. The molecule has 3 aromatic rings. The Morgan fingerprint density at radius 3 is 2.60 bits per heavy atom. The maximum atomic E-state index is 12.6. The summed E-state index contributed by atoms with van der Waals surface area (Å²) >= 11 is 6.15. The van der Waals surface area contributed by atoms with E-state index in [9.17, 15) is 13.6 Å². The van der Waals surface area contributed by atoms with Gasteiger partial charge in [-0.05, 0) is 49.7 Å². The number of nitrogens with one attached hydrogen (secondary N) is 1. The van der Waals surface area contributed by atoms with Crippen LogP contribution >= 0.6 is 11.6 Å². The van der Waals surface area contributed by atoms with Gasteiger partial charge >= 0.3 is 6.61 Å². The average molecular weight is 437 g/mol. The number of hydrogen-bond donors (Lipinski definition) is 1. The van der Waals surface area contributed by atoms with Crippen molar-refractivity contribution in [2.24, 2.45) is 0 Å². The van der Waals surface area contributed by atoms with Crippen LogP contribution in [0.5, 0.6) is 11.5 Å². The number of aromatic nitrogens is 3. The lowest BCUT2D eigenvalue weighted by molar-refractivity contribution is -0.0512. The SMILES string of the molecule is COc1ccc(CNC(=O)c2nc(-n3nc(C)cc3C)ccc2Cl)cc1OC(F)F. The maximum absolute atomic E-state index is 12.6. The van der Waals surface area contributed by atoms with Gasteiger partial charge in [0.2, 0.25) is 0 Å². The molecule has 0 unspecified atom stereocenters. The minimum absolute atomic E-state index is 0.0271. The van der Waals surface area contributed by atoms with Crippen LogP contribution in [0.4, 0.5) is 8.78 Å². The fraction of sp³-hybridized carbons (Fsp3) is 0.250. The molecule has 7 nitrogen and oxygen atoms in total. The first kappa shape index (κ1) is 21.5. The molecule has 0 fully saturated rings. The molecule has 0 atom stereocenters. The van der Waals surface area contributed by atoms with E-state index in [1.54, 1.807) is 22.9 Å². The van der Waals surface area contributed by atoms with E-state index in [-0.39, 0.29) is 28.8 Å². The molecule has 2 heterocycles. The molecule has 2 aromatic heterocycles. The molecular formula is C20H19ClF2N4O3. The molecule has 158 valence electrons. The van der Waals surface area contributed by atoms with Gasteiger partial charge in [0.1, 0.15) is 5.69 Å². The van der Waals surface area contributed by atoms with Crippen molar-refractivity contribution in [2.75, 3.05) is 7.11 Å². The minimum Gasteiger partial charge on any atom is -0.493 e. The van der Waals surface area contributed by atoms with Crippen LogP contribution in [-0.4, -0.2) is 34.4 Å². The average Bonchev–Trinajstić information content (AvgIpc) is 3.04. The normalized spacial score (nSPS) is 10.9. The topological polar surface area (TPSA) is 78.3 Å². The summed E-state index contributed by atoms with van der Waals surface area (Å²) in [5.41, 5.74) is 2.24. The lowest BCUT2D eigenvalue weighted by Gasteiger charge is -2.12. The van der Waals surface area contributed by atoms with Crippen molar-refractivity contribution in [3.8, 4) is 17.3 Å². The number of carbonyl (C=O) groups is 1. The van der Waals surface area contributed by atoms with Crippen molar-refractivity contribution in [1.82, 2.24) is 20.1 Å². The molecule has 3 rings (SSSR count). The summed E-state index contributed by atoms with van der Waals surface area (Å²) in [6.45, 7) is 0.779. The second-order valence-corrected chi connectivity index (χ2v) is 6.79. The van der Waals surface area contributed by atoms with Gasteiger partial charge in [-0.3, -0.25) is 4.79 Å². The third-order valence-corrected chi connectivity index (χ3v) is 4.48. The van der Waals surface area contributed by atoms with E-state index in [1.807, 2.05) is 19.9 Å². The van der Waals surface area contributed by atoms with Crippen molar-refractivity contribution >= 4 is 17.5 Å². The van der Waals surface area contributed by atoms with E-state index in [4.69, 9.17) is 16.3 Å². The van der Waals surface area contributed by atoms with Gasteiger partial charge in [-0.25, -0.2) is 9.67 Å². The Balaban J connectivity index is 1.78. The predicted molar refractivity (Wildman–Crippen MR) is 107 cm³/mol. The van der Waals surface area contributed by atoms with Crippen molar-refractivity contribution in [3.05, 3.63) is 64.1 Å². The van der Waals surface area contributed by atoms with Crippen LogP contribution in [-0.2, 0) is 6.54 Å². The Morgan fingerprint density at radius 2 is 1.97 bits per heavy atom. The highest BCUT2D eigenvalue weighted by Gasteiger charge is 2.16. The summed E-state index contributed by atoms with van der Waals surface area (Å²) in [4.78, 5) is 17.0. The highest BCUT2D eigenvalue weighted by Crippen LogP contribution is 2.29. The van der Waals surface area contributed by atoms with E-state index in [2.05, 4.69) is 20.1 Å². The monoisotopic (exact) mass is 436 g/mol. The summed E-state index contributed by atoms with van der Waals surface area (Å²) in [6.07, 6.45) is 0. The van der Waals surface area contributed by atoms with Gasteiger partial charge in [0.05, 0.1) is 17.8 Å². The van der Waals surface area contributed by atoms with Gasteiger partial charge in [0, 0.05) is 12.2 Å². The molecule has 0 radical (unpaired) electrons. The molecule has 10 heteroatoms. The Bertz CT molecular complexity index is 1070. The molecule has 30 heavy (non-hydrogen) atoms. The number of alkyl halides is 2. The Hall–Kier alpha value is -3.20. The van der Waals surface area contributed by atoms with Crippen LogP contribution in [0, 0.1) is 13.8 Å². The number of carbonyl (C=O) groups excluding carboxylic acids is 1. The van der Waals surface area contributed by atoms with E-state index in [0.717, 1.165) is 11.4 Å². The maximum Gasteiger partial charge on any atom is 0.387 e. The van der Waals surface area contributed by atoms with E-state index >= 15 is 0 Å². The molecular weight excluding hydrogens is 418 g/mol. The highest BCUT2D eigenvalue weighted by atomic mass is 35.5. The van der Waals surface area contributed by atoms with Crippen molar-refractivity contribution in [2.45, 2.75) is 27.0 Å². The number of ether oxygens (including phenoxy) is 2. The van der Waals surface area contributed by atoms with E-state index < -0.39 is 12.5 Å². The first-order valence-electron chi connectivity index (χ1n) is 8.88. The zero-order chi connectivity index (χ0) is 21.8. The molecule has 1 N–H and O–H groups in total. The van der Waals surface area contributed by atoms with Crippen molar-refractivity contribution < 1.29 is 23.0 Å². The molecule has 0 aliphatic rings. The summed E-state index contributed by atoms with van der Waals surface area (Å²) in [7, 11) is 1.35. The lowest BCUT2D eigenvalue weighted by Crippen LogP contribution is -2.25. The molecule has 1 amide bonds. The molecule has 0 aliphatic heterocycles. The standard InChI is InChI=1S/C20H19ClF2N4O3/c1-11-8-12(2)27(26-11)17-7-5-14(21)18(25-17)19(28)24-10-13-4-6-15(29-3)16(9-13)30-20(22)23/h4-9,20H,10H2,1-3H3,(H,24,28). The molecule has 0 spiro atoms. The zero-order valence-electron chi connectivity index (χ0n) is 16.4. The smallest absolute Gasteiger partial charge is 0.387 e. The molecule has 0 aliphatic carbocycles. The Labute approximate surface area is 176 Å². The van der Waals surface area contributed by atoms with Crippen LogP contribution in [0.15, 0.2) is 36.4 Å². The third kappa shape index (κ3) is 4.85. The van der Waals surface area contributed by atoms with Crippen LogP contribution in [0.3, 0.4) is 0 Å². The molecule has 0 saturated heterocycles. The van der Waals surface area contributed by atoms with Gasteiger partial charge in [-0.1, -0.05) is 17.7 Å². The number of pyridine rings is 1. The van der Waals surface area contributed by atoms with Gasteiger partial charge in [0.25, 0.3) is 5.91 Å². The lowest BCUT2D eigenvalue weighted by atomic mass is 10.2. The van der Waals surface area contributed by atoms with Crippen LogP contribution in [0.2, 0.25) is 5.02 Å². The van der Waals surface area contributed by atoms with Gasteiger partial charge in [0.15, 0.2) is 17.3 Å². The number of benzene rings is 1. The second-order valence-electron chi connectivity index (χ2n) is 6.39. The minimum atomic E-state index is -3.00. The van der Waals surface area contributed by atoms with Gasteiger partial charge < -0.3 is 14.8 Å². The van der Waals surface area contributed by atoms with Crippen LogP contribution < -0.4 is 14.8 Å². The third-order valence-electron chi connectivity index (χ3n) is 4.17. The van der Waals surface area contributed by atoms with Crippen LogP contribution in [0.25, 0.3) is 5.82 Å². The van der Waals surface area contributed by atoms with Gasteiger partial charge in [-0.2, -0.15) is 13.9 Å². The summed E-state index contributed by atoms with van der Waals surface area (Å²) in [5.74, 6) is -0.0302. The van der Waals surface area contributed by atoms with E-state index in [0.29, 0.717) is 11.4 Å². The van der Waals surface area contributed by atoms with E-state index in [1.165, 1.54) is 19.2 Å². The van der Waals surface area contributed by atoms with Crippen LogP contribution in [0.1, 0.15) is 27.4 Å². The first-order chi connectivity index (χ1) is 14.3. The Kier molecular flexibility index (Phi) is 6.51. The predicted octanol–water partition coefficient (Wildman–Crippen LogP) is 4.08. The molecule has 1 aromatic carbocycles. The highest BCUT2D eigenvalue weighted by molar-refractivity contribution is 6.33. The summed E-state index contributed by atoms with van der Waals surface area (Å²) in [6, 6.07) is 9.59. The van der Waals surface area contributed by atoms with Crippen molar-refractivity contribution in [1.29, 1.82) is 0 Å². The summed E-state index contributed by atoms with van der Waals surface area (Å²) < 4.78 is 36.2. The summed E-state index contributed by atoms with van der Waals surface area (Å²) in [5, 5.41) is 7.19. The van der Waals surface area contributed by atoms with Crippen molar-refractivity contribution in [3.63, 3.8) is 0 Å². The quantitative estimate of drug-likeness (QED) is 0.604. The Morgan fingerprint density at radius 1 is 1.20 bits per heavy atom. The fourth-order valence-corrected chi connectivity index (χ4v) is 3.05. The number of hydrogen-bond acceptors (Lipinski definition) is 5. The number of aryl methyl sites for hydroxylation is 2. The second kappa shape index (κ2) is 9.08. The number of halogens is 3. The number of nitrogens with zero attached hydrogens (tertiary/aromatic N) is 3. The molecule has 0 bridgehead atoms. The number of amides is 1. The largest absolute Gasteiger partial charge is 0.493 e.